The highest BCUT2D eigenvalue weighted by molar-refractivity contribution is 5.96. The fourth-order valence-electron chi connectivity index (χ4n) is 5.73. The van der Waals surface area contributed by atoms with E-state index in [0.29, 0.717) is 62.0 Å². The third-order valence-electron chi connectivity index (χ3n) is 8.09. The van der Waals surface area contributed by atoms with Crippen LogP contribution < -0.4 is 19.1 Å². The molecule has 6 rings (SSSR count). The van der Waals surface area contributed by atoms with Crippen LogP contribution in [0.2, 0.25) is 0 Å². The summed E-state index contributed by atoms with van der Waals surface area (Å²) in [6.45, 7) is 5.52. The second-order valence-corrected chi connectivity index (χ2v) is 11.2. The molecule has 3 aromatic carbocycles. The zero-order valence-corrected chi connectivity index (χ0v) is 25.4. The van der Waals surface area contributed by atoms with Crippen molar-refractivity contribution in [3.63, 3.8) is 0 Å². The van der Waals surface area contributed by atoms with Crippen molar-refractivity contribution < 1.29 is 24.1 Å². The first-order valence-corrected chi connectivity index (χ1v) is 15.4. The molecule has 4 aromatic rings. The van der Waals surface area contributed by atoms with Crippen LogP contribution in [0, 0.1) is 11.3 Å². The number of rotatable bonds is 10. The number of hydrogen-bond acceptors (Lipinski definition) is 8. The fraction of sp³-hybridized carbons (Fsp3) is 0.343. The van der Waals surface area contributed by atoms with E-state index in [1.54, 1.807) is 12.1 Å². The van der Waals surface area contributed by atoms with Crippen LogP contribution in [0.15, 0.2) is 66.9 Å². The average Bonchev–Trinajstić information content (AvgIpc) is 3.41. The van der Waals surface area contributed by atoms with E-state index in [2.05, 4.69) is 22.5 Å². The van der Waals surface area contributed by atoms with Gasteiger partial charge in [0.25, 0.3) is 0 Å². The maximum Gasteiger partial charge on any atom is 0.241 e. The Balaban J connectivity index is 1.24. The van der Waals surface area contributed by atoms with Crippen LogP contribution in [-0.4, -0.2) is 64.9 Å². The maximum absolute atomic E-state index is 13.4. The van der Waals surface area contributed by atoms with Gasteiger partial charge in [-0.15, -0.1) is 0 Å². The number of ether oxygens (including phenoxy) is 3. The zero-order chi connectivity index (χ0) is 31.2. The number of aromatic nitrogens is 2. The SMILES string of the molecule is CCCCOc1ccccc1N1CCN(Cc2cnc3n2Cc2ccc(C#N)c(c2)Oc2cc(OCCO)ccc2C3)CC1=O. The number of hydrogen-bond donors (Lipinski definition) is 1. The highest BCUT2D eigenvalue weighted by Gasteiger charge is 2.28. The first-order chi connectivity index (χ1) is 22.1. The molecule has 0 aliphatic carbocycles. The minimum Gasteiger partial charge on any atom is -0.491 e. The second kappa shape index (κ2) is 13.8. The number of piperazine rings is 1. The topological polar surface area (TPSA) is 113 Å². The number of nitriles is 1. The Morgan fingerprint density at radius 2 is 1.91 bits per heavy atom. The Morgan fingerprint density at radius 1 is 1.02 bits per heavy atom. The lowest BCUT2D eigenvalue weighted by Gasteiger charge is -2.35. The number of anilines is 1. The molecule has 0 unspecified atom stereocenters. The van der Waals surface area contributed by atoms with Crippen LogP contribution in [0.5, 0.6) is 23.0 Å². The van der Waals surface area contributed by atoms with Crippen molar-refractivity contribution in [3.8, 4) is 29.1 Å². The third-order valence-corrected chi connectivity index (χ3v) is 8.09. The predicted octanol–water partition coefficient (Wildman–Crippen LogP) is 4.90. The number of para-hydroxylation sites is 2. The molecule has 45 heavy (non-hydrogen) atoms. The quantitative estimate of drug-likeness (QED) is 0.223. The van der Waals surface area contributed by atoms with Crippen molar-refractivity contribution in [2.24, 2.45) is 0 Å². The van der Waals surface area contributed by atoms with Gasteiger partial charge in [-0.05, 0) is 42.3 Å². The first-order valence-electron chi connectivity index (χ1n) is 15.4. The molecule has 2 bridgehead atoms. The molecule has 0 spiro atoms. The summed E-state index contributed by atoms with van der Waals surface area (Å²) in [6.07, 6.45) is 4.41. The van der Waals surface area contributed by atoms with Gasteiger partial charge in [-0.2, -0.15) is 5.26 Å². The number of fused-ring (bicyclic) bond motifs is 4. The number of amides is 1. The molecule has 0 saturated carbocycles. The van der Waals surface area contributed by atoms with E-state index in [1.807, 2.05) is 59.6 Å². The Bertz CT molecular complexity index is 1710. The largest absolute Gasteiger partial charge is 0.491 e. The summed E-state index contributed by atoms with van der Waals surface area (Å²) in [6, 6.07) is 21.2. The second-order valence-electron chi connectivity index (χ2n) is 11.2. The van der Waals surface area contributed by atoms with Crippen molar-refractivity contribution in [3.05, 3.63) is 95.1 Å². The molecule has 0 radical (unpaired) electrons. The van der Waals surface area contributed by atoms with Gasteiger partial charge in [-0.25, -0.2) is 4.98 Å². The van der Waals surface area contributed by atoms with E-state index >= 15 is 0 Å². The molecule has 2 aliphatic rings. The molecule has 1 aromatic heterocycles. The van der Waals surface area contributed by atoms with Crippen molar-refractivity contribution in [2.45, 2.75) is 39.3 Å². The molecule has 1 fully saturated rings. The molecule has 10 nitrogen and oxygen atoms in total. The summed E-state index contributed by atoms with van der Waals surface area (Å²) >= 11 is 0. The predicted molar refractivity (Wildman–Crippen MR) is 169 cm³/mol. The van der Waals surface area contributed by atoms with Gasteiger partial charge in [0.15, 0.2) is 0 Å². The summed E-state index contributed by atoms with van der Waals surface area (Å²) < 4.78 is 20.1. The monoisotopic (exact) mass is 607 g/mol. The van der Waals surface area contributed by atoms with E-state index < -0.39 is 0 Å². The molecule has 3 heterocycles. The summed E-state index contributed by atoms with van der Waals surface area (Å²) in [5, 5.41) is 19.0. The lowest BCUT2D eigenvalue weighted by Crippen LogP contribution is -2.50. The highest BCUT2D eigenvalue weighted by Crippen LogP contribution is 2.35. The van der Waals surface area contributed by atoms with Gasteiger partial charge in [0.05, 0.1) is 36.7 Å². The van der Waals surface area contributed by atoms with Crippen LogP contribution >= 0.6 is 0 Å². The molecule has 0 atom stereocenters. The Labute approximate surface area is 263 Å². The minimum atomic E-state index is -0.0970. The number of aliphatic hydroxyl groups is 1. The molecule has 10 heteroatoms. The van der Waals surface area contributed by atoms with E-state index in [1.165, 1.54) is 0 Å². The standard InChI is InChI=1S/C35H37N5O5/c1-2-3-15-44-31-7-5-4-6-30(31)39-13-12-38(24-35(39)42)23-28-21-37-34-18-26-10-11-29(43-16-14-41)19-33(26)45-32-17-25(22-40(28)34)8-9-27(32)20-36/h4-11,17,19,21,41H,2-3,12-16,18,22-24H2,1H3. The van der Waals surface area contributed by atoms with Crippen LogP contribution in [0.25, 0.3) is 0 Å². The smallest absolute Gasteiger partial charge is 0.241 e. The summed E-state index contributed by atoms with van der Waals surface area (Å²) in [4.78, 5) is 22.3. The molecular weight excluding hydrogens is 570 g/mol. The van der Waals surface area contributed by atoms with Gasteiger partial charge >= 0.3 is 0 Å². The van der Waals surface area contributed by atoms with Gasteiger partial charge in [0, 0.05) is 50.4 Å². The first kappa shape index (κ1) is 30.2. The Kier molecular flexibility index (Phi) is 9.29. The highest BCUT2D eigenvalue weighted by atomic mass is 16.5. The summed E-state index contributed by atoms with van der Waals surface area (Å²) in [7, 11) is 0. The third kappa shape index (κ3) is 6.80. The van der Waals surface area contributed by atoms with Crippen molar-refractivity contribution >= 4 is 11.6 Å². The van der Waals surface area contributed by atoms with Crippen LogP contribution in [0.1, 0.15) is 48.0 Å². The van der Waals surface area contributed by atoms with E-state index in [-0.39, 0.29) is 25.7 Å². The van der Waals surface area contributed by atoms with Crippen molar-refractivity contribution in [1.82, 2.24) is 14.5 Å². The maximum atomic E-state index is 13.4. The van der Waals surface area contributed by atoms with Gasteiger partial charge in [-0.3, -0.25) is 9.69 Å². The Morgan fingerprint density at radius 3 is 2.73 bits per heavy atom. The number of carbonyl (C=O) groups excluding carboxylic acids is 1. The minimum absolute atomic E-state index is 0.0375. The van der Waals surface area contributed by atoms with Crippen LogP contribution in [0.3, 0.4) is 0 Å². The molecule has 1 saturated heterocycles. The summed E-state index contributed by atoms with van der Waals surface area (Å²) in [5.41, 5.74) is 4.13. The molecule has 1 amide bonds. The Hall–Kier alpha value is -4.85. The van der Waals surface area contributed by atoms with Gasteiger partial charge in [-0.1, -0.05) is 37.6 Å². The average molecular weight is 608 g/mol. The number of unbranched alkanes of at least 4 members (excludes halogenated alkanes) is 1. The lowest BCUT2D eigenvalue weighted by molar-refractivity contribution is -0.121. The van der Waals surface area contributed by atoms with Crippen LogP contribution in [-0.2, 0) is 24.3 Å². The van der Waals surface area contributed by atoms with Crippen LogP contribution in [0.4, 0.5) is 5.69 Å². The zero-order valence-electron chi connectivity index (χ0n) is 25.4. The molecule has 232 valence electrons. The van der Waals surface area contributed by atoms with Gasteiger partial charge in [0.2, 0.25) is 5.91 Å². The van der Waals surface area contributed by atoms with Gasteiger partial charge < -0.3 is 28.8 Å². The fourth-order valence-corrected chi connectivity index (χ4v) is 5.73. The molecular formula is C35H37N5O5. The van der Waals surface area contributed by atoms with Crippen molar-refractivity contribution in [2.75, 3.05) is 44.4 Å². The van der Waals surface area contributed by atoms with E-state index in [9.17, 15) is 15.2 Å². The van der Waals surface area contributed by atoms with E-state index in [0.717, 1.165) is 46.9 Å². The number of imidazole rings is 1. The van der Waals surface area contributed by atoms with Crippen molar-refractivity contribution in [1.29, 1.82) is 5.26 Å². The molecule has 2 aliphatic heterocycles. The normalized spacial score (nSPS) is 14.6. The number of nitrogens with zero attached hydrogens (tertiary/aromatic N) is 5. The lowest BCUT2D eigenvalue weighted by atomic mass is 10.1. The number of aliphatic hydroxyl groups excluding tert-OH is 1. The van der Waals surface area contributed by atoms with E-state index in [4.69, 9.17) is 19.2 Å². The number of carbonyl (C=O) groups is 1. The van der Waals surface area contributed by atoms with Gasteiger partial charge in [0.1, 0.15) is 41.5 Å². The summed E-state index contributed by atoms with van der Waals surface area (Å²) in [5.74, 6) is 3.26. The number of benzene rings is 3. The molecule has 1 N–H and O–H groups in total.